The number of esters is 1. The van der Waals surface area contributed by atoms with Crippen LogP contribution in [0.3, 0.4) is 0 Å². The molecule has 27 heavy (non-hydrogen) atoms. The van der Waals surface area contributed by atoms with Crippen molar-refractivity contribution in [3.05, 3.63) is 0 Å². The predicted molar refractivity (Wildman–Crippen MR) is 99.9 cm³/mol. The number of nitrogens with zero attached hydrogens (tertiary/aromatic N) is 1. The summed E-state index contributed by atoms with van der Waals surface area (Å²) < 4.78 is 8.15. The molecule has 0 fully saturated rings. The van der Waals surface area contributed by atoms with Crippen LogP contribution in [0.1, 0.15) is 34.6 Å². The second-order valence-corrected chi connectivity index (χ2v) is 9.49. The first-order valence-corrected chi connectivity index (χ1v) is 8.94. The molecule has 0 saturated carbocycles. The first kappa shape index (κ1) is 26.0. The van der Waals surface area contributed by atoms with E-state index in [1.807, 2.05) is 0 Å². The lowest BCUT2D eigenvalue weighted by atomic mass is 10.1. The molecule has 0 aromatic carbocycles. The van der Waals surface area contributed by atoms with Gasteiger partial charge < -0.3 is 25.4 Å². The zero-order chi connectivity index (χ0) is 21.8. The Kier molecular flexibility index (Phi) is 9.12. The van der Waals surface area contributed by atoms with Crippen molar-refractivity contribution in [1.29, 1.82) is 0 Å². The molecule has 2 atom stereocenters. The van der Waals surface area contributed by atoms with Crippen LogP contribution >= 0.6 is 34.8 Å². The van der Waals surface area contributed by atoms with E-state index in [2.05, 4.69) is 0 Å². The van der Waals surface area contributed by atoms with Crippen LogP contribution in [0, 0.1) is 0 Å². The molecule has 0 aromatic rings. The smallest absolute Gasteiger partial charge is 0.411 e. The van der Waals surface area contributed by atoms with Gasteiger partial charge in [-0.05, 0) is 34.6 Å². The van der Waals surface area contributed by atoms with Crippen molar-refractivity contribution in [2.75, 3.05) is 13.2 Å². The van der Waals surface area contributed by atoms with Crippen molar-refractivity contribution in [2.45, 2.75) is 61.7 Å². The SMILES string of the molecule is CC(C)(C)OC(=O)C(N)CN(C(=O)OC(C)(C)C(Cl)(Cl)Cl)[C@@H](CO)C(=O)O. The van der Waals surface area contributed by atoms with Crippen LogP contribution in [0.5, 0.6) is 0 Å². The maximum Gasteiger partial charge on any atom is 0.411 e. The second kappa shape index (κ2) is 9.47. The van der Waals surface area contributed by atoms with Gasteiger partial charge in [0.1, 0.15) is 11.6 Å². The van der Waals surface area contributed by atoms with Gasteiger partial charge in [-0.2, -0.15) is 0 Å². The molecule has 0 bridgehead atoms. The minimum Gasteiger partial charge on any atom is -0.480 e. The molecule has 0 aliphatic carbocycles. The van der Waals surface area contributed by atoms with Crippen molar-refractivity contribution in [2.24, 2.45) is 5.73 Å². The molecular weight excluding hydrogens is 427 g/mol. The third-order valence-corrected chi connectivity index (χ3v) is 4.56. The van der Waals surface area contributed by atoms with Crippen molar-refractivity contribution in [3.8, 4) is 0 Å². The van der Waals surface area contributed by atoms with Crippen LogP contribution in [-0.4, -0.2) is 73.4 Å². The largest absolute Gasteiger partial charge is 0.480 e. The van der Waals surface area contributed by atoms with E-state index in [1.165, 1.54) is 13.8 Å². The number of aliphatic hydroxyl groups excluding tert-OH is 1. The van der Waals surface area contributed by atoms with Gasteiger partial charge in [-0.1, -0.05) is 34.8 Å². The van der Waals surface area contributed by atoms with Gasteiger partial charge in [-0.15, -0.1) is 0 Å². The summed E-state index contributed by atoms with van der Waals surface area (Å²) in [7, 11) is 0. The number of carbonyl (C=O) groups is 3. The molecule has 0 aliphatic rings. The average Bonchev–Trinajstić information content (AvgIpc) is 2.42. The van der Waals surface area contributed by atoms with Gasteiger partial charge in [-0.3, -0.25) is 9.69 Å². The van der Waals surface area contributed by atoms with Crippen LogP contribution in [0.25, 0.3) is 0 Å². The first-order valence-electron chi connectivity index (χ1n) is 7.81. The summed E-state index contributed by atoms with van der Waals surface area (Å²) in [6, 6.07) is -3.14. The second-order valence-electron chi connectivity index (χ2n) is 7.20. The monoisotopic (exact) mass is 450 g/mol. The Hall–Kier alpha value is -1.00. The Morgan fingerprint density at radius 1 is 1.07 bits per heavy atom. The number of aliphatic hydroxyl groups is 1. The molecule has 0 saturated heterocycles. The molecule has 0 radical (unpaired) electrons. The third-order valence-electron chi connectivity index (χ3n) is 3.20. The number of nitrogens with two attached hydrogens (primary N) is 1. The van der Waals surface area contributed by atoms with Gasteiger partial charge in [0, 0.05) is 0 Å². The molecule has 0 aliphatic heterocycles. The fraction of sp³-hybridized carbons (Fsp3) is 0.800. The normalized spacial score (nSPS) is 14.9. The molecular formula is C15H25Cl3N2O7. The Balaban J connectivity index is 5.57. The number of hydrogen-bond acceptors (Lipinski definition) is 7. The fourth-order valence-electron chi connectivity index (χ4n) is 1.64. The number of alkyl halides is 3. The number of carbonyl (C=O) groups excluding carboxylic acids is 2. The van der Waals surface area contributed by atoms with E-state index in [1.54, 1.807) is 20.8 Å². The molecule has 0 heterocycles. The number of carboxylic acids is 1. The van der Waals surface area contributed by atoms with Gasteiger partial charge in [-0.25, -0.2) is 9.59 Å². The third kappa shape index (κ3) is 8.27. The number of carboxylic acid groups (broad SMARTS) is 1. The van der Waals surface area contributed by atoms with E-state index in [0.29, 0.717) is 4.90 Å². The predicted octanol–water partition coefficient (Wildman–Crippen LogP) is 1.69. The highest BCUT2D eigenvalue weighted by atomic mass is 35.6. The molecule has 0 aromatic heterocycles. The standard InChI is InChI=1S/C15H25Cl3N2O7/c1-13(2,3)26-11(24)8(19)6-20(9(7-21)10(22)23)12(25)27-14(4,5)15(16,17)18/h8-9,21H,6-7,19H2,1-5H3,(H,22,23)/t8?,9-/m0/s1. The Morgan fingerprint density at radius 3 is 1.89 bits per heavy atom. The van der Waals surface area contributed by atoms with Gasteiger partial charge in [0.2, 0.25) is 3.79 Å². The number of aliphatic carboxylic acids is 1. The fourth-order valence-corrected chi connectivity index (χ4v) is 1.75. The van der Waals surface area contributed by atoms with Crippen LogP contribution in [0.15, 0.2) is 0 Å². The molecule has 0 spiro atoms. The zero-order valence-electron chi connectivity index (χ0n) is 15.7. The van der Waals surface area contributed by atoms with E-state index in [-0.39, 0.29) is 0 Å². The lowest BCUT2D eigenvalue weighted by Gasteiger charge is -2.36. The first-order chi connectivity index (χ1) is 11.9. The molecule has 12 heteroatoms. The number of amides is 1. The van der Waals surface area contributed by atoms with Crippen LogP contribution < -0.4 is 5.73 Å². The molecule has 9 nitrogen and oxygen atoms in total. The van der Waals surface area contributed by atoms with E-state index in [9.17, 15) is 24.6 Å². The van der Waals surface area contributed by atoms with E-state index in [0.717, 1.165) is 0 Å². The Bertz CT molecular complexity index is 559. The van der Waals surface area contributed by atoms with Crippen LogP contribution in [0.4, 0.5) is 4.79 Å². The van der Waals surface area contributed by atoms with Gasteiger partial charge in [0.25, 0.3) is 0 Å². The topological polar surface area (TPSA) is 139 Å². The number of halogens is 3. The van der Waals surface area contributed by atoms with Gasteiger partial charge in [0.15, 0.2) is 11.6 Å². The minimum atomic E-state index is -2.03. The van der Waals surface area contributed by atoms with Crippen molar-refractivity contribution >= 4 is 52.8 Å². The number of rotatable bonds is 7. The number of ether oxygens (including phenoxy) is 2. The van der Waals surface area contributed by atoms with E-state index >= 15 is 0 Å². The summed E-state index contributed by atoms with van der Waals surface area (Å²) in [6.07, 6.45) is -1.24. The van der Waals surface area contributed by atoms with Gasteiger partial charge >= 0.3 is 18.0 Å². The molecule has 4 N–H and O–H groups in total. The van der Waals surface area contributed by atoms with E-state index < -0.39 is 58.3 Å². The average molecular weight is 452 g/mol. The molecule has 1 unspecified atom stereocenters. The maximum absolute atomic E-state index is 12.5. The highest BCUT2D eigenvalue weighted by Crippen LogP contribution is 2.40. The Labute approximate surface area is 172 Å². The van der Waals surface area contributed by atoms with Crippen LogP contribution in [-0.2, 0) is 19.1 Å². The Morgan fingerprint density at radius 2 is 1.56 bits per heavy atom. The summed E-state index contributed by atoms with van der Waals surface area (Å²) in [5, 5.41) is 18.6. The minimum absolute atomic E-state index is 0.565. The summed E-state index contributed by atoms with van der Waals surface area (Å²) in [5.41, 5.74) is 3.23. The highest BCUT2D eigenvalue weighted by Gasteiger charge is 2.46. The maximum atomic E-state index is 12.5. The van der Waals surface area contributed by atoms with E-state index in [4.69, 9.17) is 50.0 Å². The molecule has 158 valence electrons. The summed E-state index contributed by atoms with van der Waals surface area (Å²) >= 11 is 17.2. The lowest BCUT2D eigenvalue weighted by Crippen LogP contribution is -2.56. The summed E-state index contributed by atoms with van der Waals surface area (Å²) in [5.74, 6) is -2.42. The van der Waals surface area contributed by atoms with Crippen molar-refractivity contribution in [1.82, 2.24) is 4.90 Å². The molecule has 0 rings (SSSR count). The molecule has 1 amide bonds. The lowest BCUT2D eigenvalue weighted by molar-refractivity contribution is -0.158. The highest BCUT2D eigenvalue weighted by molar-refractivity contribution is 6.68. The van der Waals surface area contributed by atoms with Crippen molar-refractivity contribution < 1.29 is 34.1 Å². The van der Waals surface area contributed by atoms with Crippen molar-refractivity contribution in [3.63, 3.8) is 0 Å². The zero-order valence-corrected chi connectivity index (χ0v) is 17.9. The van der Waals surface area contributed by atoms with Crippen LogP contribution in [0.2, 0.25) is 0 Å². The van der Waals surface area contributed by atoms with Gasteiger partial charge in [0.05, 0.1) is 13.2 Å². The summed E-state index contributed by atoms with van der Waals surface area (Å²) in [6.45, 7) is 5.85. The quantitative estimate of drug-likeness (QED) is 0.392. The summed E-state index contributed by atoms with van der Waals surface area (Å²) in [4.78, 5) is 36.5. The number of hydrogen-bond donors (Lipinski definition) is 3.